The number of benzene rings is 3. The summed E-state index contributed by atoms with van der Waals surface area (Å²) < 4.78 is 23.3. The number of hydrogen-bond donors (Lipinski definition) is 1. The summed E-state index contributed by atoms with van der Waals surface area (Å²) in [6.45, 7) is 0. The van der Waals surface area contributed by atoms with E-state index < -0.39 is 42.1 Å². The fourth-order valence-electron chi connectivity index (χ4n) is 3.52. The second kappa shape index (κ2) is 9.60. The molecule has 1 aliphatic heterocycles. The summed E-state index contributed by atoms with van der Waals surface area (Å²) in [6.07, 6.45) is 1.30. The van der Waals surface area contributed by atoms with E-state index in [9.17, 15) is 43.6 Å². The van der Waals surface area contributed by atoms with Crippen LogP contribution in [0.3, 0.4) is 0 Å². The molecule has 192 valence electrons. The van der Waals surface area contributed by atoms with E-state index in [1.54, 1.807) is 0 Å². The van der Waals surface area contributed by atoms with Crippen LogP contribution in [0.2, 0.25) is 0 Å². The number of nitrogens with two attached hydrogens (primary N) is 1. The third-order valence-corrected chi connectivity index (χ3v) is 6.20. The Kier molecular flexibility index (Phi) is 6.50. The Labute approximate surface area is 212 Å². The average molecular weight is 538 g/mol. The monoisotopic (exact) mass is 538 g/mol. The van der Waals surface area contributed by atoms with Crippen molar-refractivity contribution in [2.45, 2.75) is 4.90 Å². The van der Waals surface area contributed by atoms with E-state index in [0.717, 1.165) is 35.2 Å². The van der Waals surface area contributed by atoms with Crippen molar-refractivity contribution in [2.24, 2.45) is 10.1 Å². The van der Waals surface area contributed by atoms with Crippen LogP contribution < -0.4 is 10.0 Å². The first-order valence-corrected chi connectivity index (χ1v) is 11.9. The van der Waals surface area contributed by atoms with Crippen LogP contribution in [0, 0.1) is 30.3 Å². The molecule has 3 aromatic carbocycles. The summed E-state index contributed by atoms with van der Waals surface area (Å²) in [7, 11) is -4.06. The van der Waals surface area contributed by atoms with Crippen molar-refractivity contribution in [3.8, 4) is 0 Å². The Hall–Kier alpha value is -5.35. The van der Waals surface area contributed by atoms with Crippen molar-refractivity contribution in [3.05, 3.63) is 114 Å². The molecule has 0 fully saturated rings. The molecule has 0 saturated carbocycles. The maximum atomic E-state index is 13.4. The summed E-state index contributed by atoms with van der Waals surface area (Å²) in [6, 6.07) is 12.7. The van der Waals surface area contributed by atoms with E-state index in [0.29, 0.717) is 5.56 Å². The van der Waals surface area contributed by atoms with Gasteiger partial charge in [0.2, 0.25) is 10.0 Å². The van der Waals surface area contributed by atoms with Gasteiger partial charge in [0.1, 0.15) is 11.5 Å². The molecule has 38 heavy (non-hydrogen) atoms. The molecule has 15 nitrogen and oxygen atoms in total. The first kappa shape index (κ1) is 25.7. The van der Waals surface area contributed by atoms with E-state index in [-0.39, 0.29) is 33.4 Å². The molecule has 1 heterocycles. The minimum Gasteiger partial charge on any atom is -0.266 e. The summed E-state index contributed by atoms with van der Waals surface area (Å²) in [5.41, 5.74) is -1.32. The molecule has 0 radical (unpaired) electrons. The molecule has 0 unspecified atom stereocenters. The van der Waals surface area contributed by atoms with E-state index in [1.807, 2.05) is 0 Å². The van der Waals surface area contributed by atoms with Gasteiger partial charge in [-0.05, 0) is 48.0 Å². The van der Waals surface area contributed by atoms with Crippen LogP contribution in [0.4, 0.5) is 22.7 Å². The third kappa shape index (κ3) is 5.11. The Morgan fingerprint density at radius 3 is 1.79 bits per heavy atom. The lowest BCUT2D eigenvalue weighted by Crippen LogP contribution is -2.32. The molecule has 2 N–H and O–H groups in total. The Morgan fingerprint density at radius 1 is 0.789 bits per heavy atom. The smallest absolute Gasteiger partial charge is 0.266 e. The van der Waals surface area contributed by atoms with E-state index in [4.69, 9.17) is 5.14 Å². The minimum atomic E-state index is -4.06. The van der Waals surface area contributed by atoms with Gasteiger partial charge in [-0.15, -0.1) is 0 Å². The van der Waals surface area contributed by atoms with Gasteiger partial charge in [0.05, 0.1) is 31.4 Å². The number of primary sulfonamides is 1. The highest BCUT2D eigenvalue weighted by atomic mass is 32.2. The Balaban J connectivity index is 1.89. The molecule has 0 atom stereocenters. The van der Waals surface area contributed by atoms with Gasteiger partial charge in [-0.2, -0.15) is 0 Å². The second-order valence-electron chi connectivity index (χ2n) is 7.75. The fourth-order valence-corrected chi connectivity index (χ4v) is 4.04. The second-order valence-corrected chi connectivity index (χ2v) is 9.31. The molecule has 0 aromatic heterocycles. The number of nitrogens with zero attached hydrogens (tertiary/aromatic N) is 5. The zero-order chi connectivity index (χ0) is 27.8. The molecule has 0 spiro atoms. The maximum Gasteiger partial charge on any atom is 0.282 e. The van der Waals surface area contributed by atoms with Crippen LogP contribution in [-0.4, -0.2) is 34.9 Å². The lowest BCUT2D eigenvalue weighted by Gasteiger charge is -2.18. The molecule has 4 rings (SSSR count). The highest BCUT2D eigenvalue weighted by Gasteiger charge is 2.34. The van der Waals surface area contributed by atoms with Gasteiger partial charge in [0, 0.05) is 29.8 Å². The highest BCUT2D eigenvalue weighted by Crippen LogP contribution is 2.32. The number of carbonyl (C=O) groups is 1. The molecule has 0 saturated heterocycles. The number of carbonyl (C=O) groups excluding carboxylic acids is 1. The number of amidine groups is 1. The van der Waals surface area contributed by atoms with E-state index in [2.05, 4.69) is 4.99 Å². The molecule has 3 aromatic rings. The molecular weight excluding hydrogens is 524 g/mol. The third-order valence-electron chi connectivity index (χ3n) is 5.27. The van der Waals surface area contributed by atoms with Crippen LogP contribution >= 0.6 is 0 Å². The van der Waals surface area contributed by atoms with E-state index >= 15 is 0 Å². The van der Waals surface area contributed by atoms with Gasteiger partial charge in [-0.25, -0.2) is 18.5 Å². The Morgan fingerprint density at radius 2 is 1.32 bits per heavy atom. The van der Waals surface area contributed by atoms with Crippen molar-refractivity contribution in [1.82, 2.24) is 0 Å². The van der Waals surface area contributed by atoms with E-state index in [1.165, 1.54) is 42.5 Å². The average Bonchev–Trinajstić information content (AvgIpc) is 3.19. The molecule has 16 heteroatoms. The highest BCUT2D eigenvalue weighted by molar-refractivity contribution is 7.89. The summed E-state index contributed by atoms with van der Waals surface area (Å²) in [5.74, 6) is -0.964. The quantitative estimate of drug-likeness (QED) is 0.265. The largest absolute Gasteiger partial charge is 0.282 e. The lowest BCUT2D eigenvalue weighted by atomic mass is 10.1. The van der Waals surface area contributed by atoms with Gasteiger partial charge in [0.15, 0.2) is 0 Å². The normalized spacial score (nSPS) is 14.4. The first-order chi connectivity index (χ1) is 17.8. The lowest BCUT2D eigenvalue weighted by molar-refractivity contribution is -0.394. The van der Waals surface area contributed by atoms with Crippen molar-refractivity contribution in [3.63, 3.8) is 0 Å². The number of non-ortho nitro benzene ring substituents is 3. The van der Waals surface area contributed by atoms with Crippen LogP contribution in [0.1, 0.15) is 11.1 Å². The molecule has 1 aliphatic rings. The van der Waals surface area contributed by atoms with Crippen LogP contribution in [0.5, 0.6) is 0 Å². The molecule has 1 amide bonds. The minimum absolute atomic E-state index is 0.0856. The van der Waals surface area contributed by atoms with Crippen LogP contribution in [-0.2, 0) is 14.8 Å². The maximum absolute atomic E-state index is 13.4. The molecular formula is C22H14N6O9S. The molecule has 0 bridgehead atoms. The van der Waals surface area contributed by atoms with Gasteiger partial charge in [-0.1, -0.05) is 0 Å². The number of hydrogen-bond acceptors (Lipinski definition) is 10. The van der Waals surface area contributed by atoms with Crippen molar-refractivity contribution in [2.75, 3.05) is 4.90 Å². The molecule has 0 aliphatic carbocycles. The van der Waals surface area contributed by atoms with Gasteiger partial charge < -0.3 is 0 Å². The van der Waals surface area contributed by atoms with Crippen molar-refractivity contribution in [1.29, 1.82) is 0 Å². The number of rotatable bonds is 7. The summed E-state index contributed by atoms with van der Waals surface area (Å²) in [4.78, 5) is 49.8. The number of anilines is 1. The Bertz CT molecular complexity index is 1650. The topological polar surface area (TPSA) is 222 Å². The van der Waals surface area contributed by atoms with Crippen LogP contribution in [0.15, 0.2) is 82.3 Å². The number of aliphatic imine (C=N–C) groups is 1. The number of nitro benzene ring substituents is 3. The van der Waals surface area contributed by atoms with Gasteiger partial charge in [0.25, 0.3) is 23.0 Å². The predicted octanol–water partition coefficient (Wildman–Crippen LogP) is 2.89. The zero-order valence-corrected chi connectivity index (χ0v) is 19.6. The predicted molar refractivity (Wildman–Crippen MR) is 133 cm³/mol. The van der Waals surface area contributed by atoms with Crippen LogP contribution in [0.25, 0.3) is 6.08 Å². The number of sulfonamides is 1. The number of amides is 1. The summed E-state index contributed by atoms with van der Waals surface area (Å²) in [5, 5.41) is 38.8. The van der Waals surface area contributed by atoms with Crippen molar-refractivity contribution >= 4 is 50.6 Å². The van der Waals surface area contributed by atoms with Gasteiger partial charge >= 0.3 is 0 Å². The fraction of sp³-hybridized carbons (Fsp3) is 0. The number of nitro groups is 3. The van der Waals surface area contributed by atoms with Gasteiger partial charge in [-0.3, -0.25) is 40.0 Å². The van der Waals surface area contributed by atoms with Crippen molar-refractivity contribution < 1.29 is 28.0 Å². The standard InChI is InChI=1S/C22H14N6O9S/c23-38(36,37)19-7-5-15(6-8-19)25-21(14-10-17(27(32)33)12-18(11-14)28(34)35)24-20(22(25)29)9-13-1-3-16(4-2-13)26(30)31/h1-12H,(H2,23,36,37)/b20-9+. The zero-order valence-electron chi connectivity index (χ0n) is 18.8. The SMILES string of the molecule is NS(=O)(=O)c1ccc(N2C(=O)/C(=C\c3ccc([N+](=O)[O-])cc3)N=C2c2cc([N+](=O)[O-])cc([N+](=O)[O-])c2)cc1. The summed E-state index contributed by atoms with van der Waals surface area (Å²) >= 11 is 0. The first-order valence-electron chi connectivity index (χ1n) is 10.3.